The average Bonchev–Trinajstić information content (AvgIpc) is 3.33. The topological polar surface area (TPSA) is 78.9 Å². The van der Waals surface area contributed by atoms with Crippen LogP contribution >= 0.6 is 0 Å². The first-order chi connectivity index (χ1) is 33.0. The largest absolute Gasteiger partial charge is 0.462 e. The van der Waals surface area contributed by atoms with E-state index in [2.05, 4.69) is 69.4 Å². The Morgan fingerprint density at radius 2 is 0.552 bits per heavy atom. The summed E-state index contributed by atoms with van der Waals surface area (Å²) in [6, 6.07) is 0. The average molecular weight is 940 g/mol. The first-order valence-corrected chi connectivity index (χ1v) is 29.1. The van der Waals surface area contributed by atoms with Gasteiger partial charge in [-0.2, -0.15) is 0 Å². The van der Waals surface area contributed by atoms with Crippen molar-refractivity contribution in [3.05, 3.63) is 48.6 Å². The maximum absolute atomic E-state index is 12.9. The number of carbonyl (C=O) groups excluding carboxylic acids is 3. The molecule has 0 aliphatic carbocycles. The van der Waals surface area contributed by atoms with Gasteiger partial charge in [-0.3, -0.25) is 14.4 Å². The molecule has 0 bridgehead atoms. The predicted octanol–water partition coefficient (Wildman–Crippen LogP) is 19.4. The Morgan fingerprint density at radius 1 is 0.299 bits per heavy atom. The fraction of sp³-hybridized carbons (Fsp3) is 0.820. The molecule has 0 radical (unpaired) electrons. The van der Waals surface area contributed by atoms with Crippen LogP contribution in [0.5, 0.6) is 0 Å². The summed E-state index contributed by atoms with van der Waals surface area (Å²) in [5.41, 5.74) is 0. The zero-order valence-corrected chi connectivity index (χ0v) is 44.7. The molecule has 6 nitrogen and oxygen atoms in total. The Bertz CT molecular complexity index is 1170. The Hall–Kier alpha value is -2.63. The first kappa shape index (κ1) is 64.4. The highest BCUT2D eigenvalue weighted by Gasteiger charge is 2.19. The van der Waals surface area contributed by atoms with Crippen molar-refractivity contribution in [3.8, 4) is 0 Å². The van der Waals surface area contributed by atoms with Crippen molar-refractivity contribution in [1.82, 2.24) is 0 Å². The van der Waals surface area contributed by atoms with Crippen LogP contribution in [0, 0.1) is 0 Å². The van der Waals surface area contributed by atoms with Crippen molar-refractivity contribution >= 4 is 17.9 Å². The molecule has 67 heavy (non-hydrogen) atoms. The molecule has 0 aliphatic rings. The fourth-order valence-corrected chi connectivity index (χ4v) is 8.33. The lowest BCUT2D eigenvalue weighted by atomic mass is 10.1. The van der Waals surface area contributed by atoms with E-state index in [1.165, 1.54) is 193 Å². The second-order valence-corrected chi connectivity index (χ2v) is 19.5. The van der Waals surface area contributed by atoms with Crippen molar-refractivity contribution in [2.75, 3.05) is 13.2 Å². The molecule has 0 heterocycles. The lowest BCUT2D eigenvalue weighted by Gasteiger charge is -2.18. The molecule has 0 N–H and O–H groups in total. The van der Waals surface area contributed by atoms with E-state index in [-0.39, 0.29) is 31.1 Å². The minimum atomic E-state index is -0.778. The van der Waals surface area contributed by atoms with Crippen LogP contribution in [-0.4, -0.2) is 37.2 Å². The Balaban J connectivity index is 4.31. The number of carbonyl (C=O) groups is 3. The van der Waals surface area contributed by atoms with Crippen LogP contribution < -0.4 is 0 Å². The van der Waals surface area contributed by atoms with E-state index < -0.39 is 6.10 Å². The van der Waals surface area contributed by atoms with Gasteiger partial charge in [-0.1, -0.05) is 236 Å². The molecular formula is C61H110O6. The van der Waals surface area contributed by atoms with E-state index in [0.29, 0.717) is 19.3 Å². The smallest absolute Gasteiger partial charge is 0.306 e. The summed E-state index contributed by atoms with van der Waals surface area (Å²) >= 11 is 0. The molecule has 0 aromatic rings. The van der Waals surface area contributed by atoms with Gasteiger partial charge in [0.05, 0.1) is 0 Å². The van der Waals surface area contributed by atoms with Crippen LogP contribution in [0.15, 0.2) is 48.6 Å². The van der Waals surface area contributed by atoms with E-state index in [9.17, 15) is 14.4 Å². The third-order valence-electron chi connectivity index (χ3n) is 12.8. The molecule has 0 aromatic heterocycles. The second-order valence-electron chi connectivity index (χ2n) is 19.5. The highest BCUT2D eigenvalue weighted by Crippen LogP contribution is 2.16. The molecule has 6 heteroatoms. The van der Waals surface area contributed by atoms with Crippen molar-refractivity contribution < 1.29 is 28.6 Å². The first-order valence-electron chi connectivity index (χ1n) is 29.1. The Morgan fingerprint density at radius 3 is 0.910 bits per heavy atom. The number of hydrogen-bond donors (Lipinski definition) is 0. The van der Waals surface area contributed by atoms with E-state index >= 15 is 0 Å². The quantitative estimate of drug-likeness (QED) is 0.0262. The number of esters is 3. The van der Waals surface area contributed by atoms with Gasteiger partial charge in [0, 0.05) is 19.3 Å². The molecule has 0 aromatic carbocycles. The summed E-state index contributed by atoms with van der Waals surface area (Å²) in [7, 11) is 0. The summed E-state index contributed by atoms with van der Waals surface area (Å²) in [5, 5.41) is 0. The summed E-state index contributed by atoms with van der Waals surface area (Å²) < 4.78 is 16.9. The fourth-order valence-electron chi connectivity index (χ4n) is 8.33. The second kappa shape index (κ2) is 56.0. The standard InChI is InChI=1S/C61H110O6/c1-4-7-10-13-16-19-22-24-26-28-30-32-34-36-39-42-45-48-51-54-60(63)66-57-58(56-65-59(62)53-50-47-44-41-38-21-18-15-12-9-6-3)67-61(64)55-52-49-46-43-40-37-35-33-31-29-27-25-23-20-17-14-11-8-5-2/h15,17-18,20,24-27,58H,4-14,16,19,21-23,28-57H2,1-3H3/b18-15-,20-17-,26-24-,27-25-/t58-/m0/s1. The molecule has 0 saturated carbocycles. The van der Waals surface area contributed by atoms with Crippen molar-refractivity contribution in [2.24, 2.45) is 0 Å². The SMILES string of the molecule is CCCC/C=C\CCCCCCCC(=O)OC[C@@H](COC(=O)CCCCCCCCCCC/C=C\CCCCCCCC)OC(=O)CCCCCCCCCCC/C=C\C/C=C\CCCCC. The van der Waals surface area contributed by atoms with Gasteiger partial charge in [0.25, 0.3) is 0 Å². The maximum atomic E-state index is 12.9. The third-order valence-corrected chi connectivity index (χ3v) is 12.8. The summed E-state index contributed by atoms with van der Waals surface area (Å²) in [6.07, 6.45) is 68.2. The number of allylic oxidation sites excluding steroid dienone is 8. The van der Waals surface area contributed by atoms with Crippen LogP contribution in [0.2, 0.25) is 0 Å². The Kier molecular flexibility index (Phi) is 53.8. The monoisotopic (exact) mass is 939 g/mol. The summed E-state index contributed by atoms with van der Waals surface area (Å²) in [4.78, 5) is 38.1. The van der Waals surface area contributed by atoms with Gasteiger partial charge in [0.15, 0.2) is 6.10 Å². The molecule has 1 atom stereocenters. The lowest BCUT2D eigenvalue weighted by Crippen LogP contribution is -2.30. The molecule has 0 spiro atoms. The Labute approximate surface area is 416 Å². The van der Waals surface area contributed by atoms with Gasteiger partial charge < -0.3 is 14.2 Å². The van der Waals surface area contributed by atoms with Crippen molar-refractivity contribution in [1.29, 1.82) is 0 Å². The van der Waals surface area contributed by atoms with Crippen LogP contribution in [0.25, 0.3) is 0 Å². The minimum Gasteiger partial charge on any atom is -0.462 e. The molecule has 0 amide bonds. The zero-order valence-electron chi connectivity index (χ0n) is 44.7. The van der Waals surface area contributed by atoms with Crippen LogP contribution in [0.4, 0.5) is 0 Å². The van der Waals surface area contributed by atoms with Gasteiger partial charge >= 0.3 is 17.9 Å². The molecule has 0 fully saturated rings. The number of unbranched alkanes of at least 4 members (excludes halogenated alkanes) is 34. The third kappa shape index (κ3) is 54.2. The van der Waals surface area contributed by atoms with E-state index in [1.807, 2.05) is 0 Å². The van der Waals surface area contributed by atoms with Gasteiger partial charge in [-0.15, -0.1) is 0 Å². The molecular weight excluding hydrogens is 829 g/mol. The summed E-state index contributed by atoms with van der Waals surface area (Å²) in [5.74, 6) is -0.881. The number of rotatable bonds is 53. The van der Waals surface area contributed by atoms with Gasteiger partial charge in [0.1, 0.15) is 13.2 Å². The number of hydrogen-bond acceptors (Lipinski definition) is 6. The molecule has 390 valence electrons. The maximum Gasteiger partial charge on any atom is 0.306 e. The highest BCUT2D eigenvalue weighted by molar-refractivity contribution is 5.71. The normalized spacial score (nSPS) is 12.3. The molecule has 0 rings (SSSR count). The van der Waals surface area contributed by atoms with Crippen LogP contribution in [-0.2, 0) is 28.6 Å². The lowest BCUT2D eigenvalue weighted by molar-refractivity contribution is -0.167. The molecule has 0 aliphatic heterocycles. The van der Waals surface area contributed by atoms with Crippen LogP contribution in [0.3, 0.4) is 0 Å². The summed E-state index contributed by atoms with van der Waals surface area (Å²) in [6.45, 7) is 6.59. The van der Waals surface area contributed by atoms with Crippen molar-refractivity contribution in [2.45, 2.75) is 309 Å². The van der Waals surface area contributed by atoms with Gasteiger partial charge in [-0.25, -0.2) is 0 Å². The zero-order chi connectivity index (χ0) is 48.6. The van der Waals surface area contributed by atoms with Gasteiger partial charge in [-0.05, 0) is 96.3 Å². The van der Waals surface area contributed by atoms with Crippen molar-refractivity contribution in [3.63, 3.8) is 0 Å². The number of ether oxygens (including phenoxy) is 3. The van der Waals surface area contributed by atoms with E-state index in [1.54, 1.807) is 0 Å². The van der Waals surface area contributed by atoms with Gasteiger partial charge in [0.2, 0.25) is 0 Å². The molecule has 0 saturated heterocycles. The van der Waals surface area contributed by atoms with E-state index in [0.717, 1.165) is 70.6 Å². The van der Waals surface area contributed by atoms with Crippen LogP contribution in [0.1, 0.15) is 303 Å². The molecule has 0 unspecified atom stereocenters. The van der Waals surface area contributed by atoms with E-state index in [4.69, 9.17) is 14.2 Å². The highest BCUT2D eigenvalue weighted by atomic mass is 16.6. The predicted molar refractivity (Wildman–Crippen MR) is 289 cm³/mol. The minimum absolute atomic E-state index is 0.0769.